The highest BCUT2D eigenvalue weighted by Crippen LogP contribution is 2.30. The van der Waals surface area contributed by atoms with Crippen LogP contribution in [0.1, 0.15) is 16.8 Å². The van der Waals surface area contributed by atoms with Crippen molar-refractivity contribution in [3.05, 3.63) is 35.2 Å². The number of methoxy groups -OCH3 is 2. The van der Waals surface area contributed by atoms with E-state index in [1.54, 1.807) is 18.9 Å². The predicted octanol–water partition coefficient (Wildman–Crippen LogP) is 2.43. The van der Waals surface area contributed by atoms with Crippen LogP contribution in [0, 0.1) is 6.92 Å². The summed E-state index contributed by atoms with van der Waals surface area (Å²) in [6.07, 6.45) is 2.64. The second kappa shape index (κ2) is 6.61. The van der Waals surface area contributed by atoms with Crippen molar-refractivity contribution in [1.29, 1.82) is 0 Å². The maximum absolute atomic E-state index is 5.70. The summed E-state index contributed by atoms with van der Waals surface area (Å²) < 4.78 is 12.4. The second-order valence-corrected chi connectivity index (χ2v) is 4.86. The van der Waals surface area contributed by atoms with E-state index in [1.807, 2.05) is 25.3 Å². The lowest BCUT2D eigenvalue weighted by molar-refractivity contribution is 0.354. The highest BCUT2D eigenvalue weighted by Gasteiger charge is 2.10. The molecular formula is C14H18ClN3O2. The maximum Gasteiger partial charge on any atom is 0.161 e. The van der Waals surface area contributed by atoms with Gasteiger partial charge in [0.25, 0.3) is 0 Å². The topological polar surface area (TPSA) is 49.2 Å². The van der Waals surface area contributed by atoms with Crippen LogP contribution in [-0.2, 0) is 13.0 Å². The van der Waals surface area contributed by atoms with Gasteiger partial charge >= 0.3 is 0 Å². The van der Waals surface area contributed by atoms with E-state index in [2.05, 4.69) is 10.3 Å². The molecule has 0 amide bonds. The zero-order valence-electron chi connectivity index (χ0n) is 11.9. The third-order valence-electron chi connectivity index (χ3n) is 3.11. The molecule has 0 atom stereocenters. The van der Waals surface area contributed by atoms with Gasteiger partial charge in [-0.3, -0.25) is 0 Å². The molecule has 20 heavy (non-hydrogen) atoms. The minimum atomic E-state index is 0.550. The molecule has 1 aromatic heterocycles. The van der Waals surface area contributed by atoms with Gasteiger partial charge in [-0.25, -0.2) is 4.68 Å². The summed E-state index contributed by atoms with van der Waals surface area (Å²) in [7, 11) is 3.26. The molecule has 108 valence electrons. The molecule has 5 nitrogen and oxygen atoms in total. The molecular weight excluding hydrogens is 278 g/mol. The van der Waals surface area contributed by atoms with E-state index in [0.717, 1.165) is 29.0 Å². The molecule has 0 bridgehead atoms. The SMILES string of the molecule is COc1cc(C)c(Cn2cc(CCCl)nn2)cc1OC. The summed E-state index contributed by atoms with van der Waals surface area (Å²) in [5.41, 5.74) is 3.14. The molecule has 1 aromatic carbocycles. The summed E-state index contributed by atoms with van der Waals surface area (Å²) >= 11 is 5.70. The number of halogens is 1. The Balaban J connectivity index is 2.23. The lowest BCUT2D eigenvalue weighted by Crippen LogP contribution is -2.03. The fraction of sp³-hybridized carbons (Fsp3) is 0.429. The molecule has 0 aliphatic rings. The molecule has 0 aliphatic carbocycles. The standard InChI is InChI=1S/C14H18ClN3O2/c1-10-6-13(19-2)14(20-3)7-11(10)8-18-9-12(4-5-15)16-17-18/h6-7,9H,4-5,8H2,1-3H3. The molecule has 0 aliphatic heterocycles. The summed E-state index contributed by atoms with van der Waals surface area (Å²) in [5.74, 6) is 2.00. The minimum absolute atomic E-state index is 0.550. The van der Waals surface area contributed by atoms with Crippen LogP contribution in [0.2, 0.25) is 0 Å². The summed E-state index contributed by atoms with van der Waals surface area (Å²) in [5, 5.41) is 8.19. The third kappa shape index (κ3) is 3.22. The third-order valence-corrected chi connectivity index (χ3v) is 3.30. The van der Waals surface area contributed by atoms with Crippen LogP contribution in [0.3, 0.4) is 0 Å². The zero-order chi connectivity index (χ0) is 14.5. The average molecular weight is 296 g/mol. The number of hydrogen-bond acceptors (Lipinski definition) is 4. The molecule has 0 saturated heterocycles. The summed E-state index contributed by atoms with van der Waals surface area (Å²) in [6.45, 7) is 2.68. The molecule has 0 unspecified atom stereocenters. The molecule has 2 rings (SSSR count). The smallest absolute Gasteiger partial charge is 0.161 e. The number of aromatic nitrogens is 3. The van der Waals surface area contributed by atoms with Crippen LogP contribution < -0.4 is 9.47 Å². The number of hydrogen-bond donors (Lipinski definition) is 0. The summed E-state index contributed by atoms with van der Waals surface area (Å²) in [6, 6.07) is 3.93. The maximum atomic E-state index is 5.70. The van der Waals surface area contributed by atoms with Crippen molar-refractivity contribution in [2.24, 2.45) is 0 Å². The molecule has 2 aromatic rings. The van der Waals surface area contributed by atoms with Gasteiger partial charge in [-0.2, -0.15) is 0 Å². The number of nitrogens with zero attached hydrogens (tertiary/aromatic N) is 3. The van der Waals surface area contributed by atoms with Gasteiger partial charge in [0.2, 0.25) is 0 Å². The van der Waals surface area contributed by atoms with Gasteiger partial charge in [-0.1, -0.05) is 5.21 Å². The van der Waals surface area contributed by atoms with Gasteiger partial charge in [-0.05, 0) is 30.2 Å². The van der Waals surface area contributed by atoms with E-state index in [-0.39, 0.29) is 0 Å². The summed E-state index contributed by atoms with van der Waals surface area (Å²) in [4.78, 5) is 0. The van der Waals surface area contributed by atoms with Gasteiger partial charge in [0.15, 0.2) is 11.5 Å². The van der Waals surface area contributed by atoms with Crippen LogP contribution >= 0.6 is 11.6 Å². The Labute approximate surface area is 123 Å². The number of ether oxygens (including phenoxy) is 2. The van der Waals surface area contributed by atoms with E-state index in [1.165, 1.54) is 0 Å². The molecule has 0 spiro atoms. The van der Waals surface area contributed by atoms with Crippen molar-refractivity contribution >= 4 is 11.6 Å². The zero-order valence-corrected chi connectivity index (χ0v) is 12.6. The Morgan fingerprint density at radius 3 is 2.55 bits per heavy atom. The Bertz CT molecular complexity index is 584. The van der Waals surface area contributed by atoms with Crippen molar-refractivity contribution in [2.75, 3.05) is 20.1 Å². The number of rotatable bonds is 6. The van der Waals surface area contributed by atoms with Crippen molar-refractivity contribution < 1.29 is 9.47 Å². The Hall–Kier alpha value is -1.75. The number of alkyl halides is 1. The molecule has 6 heteroatoms. The molecule has 0 saturated carbocycles. The van der Waals surface area contributed by atoms with E-state index in [0.29, 0.717) is 18.2 Å². The largest absolute Gasteiger partial charge is 0.493 e. The molecule has 1 heterocycles. The second-order valence-electron chi connectivity index (χ2n) is 4.48. The highest BCUT2D eigenvalue weighted by molar-refractivity contribution is 6.17. The minimum Gasteiger partial charge on any atom is -0.493 e. The van der Waals surface area contributed by atoms with Crippen molar-refractivity contribution in [3.8, 4) is 11.5 Å². The molecule has 0 fully saturated rings. The van der Waals surface area contributed by atoms with Gasteiger partial charge in [-0.15, -0.1) is 16.7 Å². The quantitative estimate of drug-likeness (QED) is 0.768. The Morgan fingerprint density at radius 1 is 1.20 bits per heavy atom. The fourth-order valence-corrected chi connectivity index (χ4v) is 2.19. The van der Waals surface area contributed by atoms with Gasteiger partial charge in [0, 0.05) is 18.5 Å². The first-order valence-corrected chi connectivity index (χ1v) is 6.88. The van der Waals surface area contributed by atoms with E-state index in [9.17, 15) is 0 Å². The van der Waals surface area contributed by atoms with Crippen molar-refractivity contribution in [3.63, 3.8) is 0 Å². The van der Waals surface area contributed by atoms with Crippen molar-refractivity contribution in [2.45, 2.75) is 19.9 Å². The predicted molar refractivity (Wildman–Crippen MR) is 77.8 cm³/mol. The van der Waals surface area contributed by atoms with E-state index >= 15 is 0 Å². The first kappa shape index (κ1) is 14.7. The number of benzene rings is 1. The number of aryl methyl sites for hydroxylation is 2. The van der Waals surface area contributed by atoms with Crippen LogP contribution in [0.15, 0.2) is 18.3 Å². The van der Waals surface area contributed by atoms with Gasteiger partial charge < -0.3 is 9.47 Å². The lowest BCUT2D eigenvalue weighted by Gasteiger charge is -2.12. The average Bonchev–Trinajstić information content (AvgIpc) is 2.88. The van der Waals surface area contributed by atoms with E-state index in [4.69, 9.17) is 21.1 Å². The highest BCUT2D eigenvalue weighted by atomic mass is 35.5. The lowest BCUT2D eigenvalue weighted by atomic mass is 10.1. The van der Waals surface area contributed by atoms with Crippen LogP contribution in [-0.4, -0.2) is 35.1 Å². The Morgan fingerprint density at radius 2 is 1.90 bits per heavy atom. The fourth-order valence-electron chi connectivity index (χ4n) is 1.99. The molecule has 0 radical (unpaired) electrons. The Kier molecular flexibility index (Phi) is 4.84. The monoisotopic (exact) mass is 295 g/mol. The van der Waals surface area contributed by atoms with Gasteiger partial charge in [0.1, 0.15) is 0 Å². The van der Waals surface area contributed by atoms with Crippen LogP contribution in [0.25, 0.3) is 0 Å². The van der Waals surface area contributed by atoms with E-state index < -0.39 is 0 Å². The normalized spacial score (nSPS) is 10.6. The van der Waals surface area contributed by atoms with Crippen LogP contribution in [0.5, 0.6) is 11.5 Å². The first-order chi connectivity index (χ1) is 9.67. The van der Waals surface area contributed by atoms with Crippen molar-refractivity contribution in [1.82, 2.24) is 15.0 Å². The van der Waals surface area contributed by atoms with Crippen LogP contribution in [0.4, 0.5) is 0 Å². The first-order valence-electron chi connectivity index (χ1n) is 6.34. The van der Waals surface area contributed by atoms with Gasteiger partial charge in [0.05, 0.1) is 26.5 Å². The molecule has 0 N–H and O–H groups in total.